The molecular weight excluding hydrogens is 467 g/mol. The predicted octanol–water partition coefficient (Wildman–Crippen LogP) is 4.21. The number of hydrogen-bond acceptors (Lipinski definition) is 6. The van der Waals surface area contributed by atoms with E-state index >= 15 is 0 Å². The van der Waals surface area contributed by atoms with Gasteiger partial charge in [0.05, 0.1) is 23.5 Å². The summed E-state index contributed by atoms with van der Waals surface area (Å²) in [6.45, 7) is 1.53. The highest BCUT2D eigenvalue weighted by Crippen LogP contribution is 2.26. The van der Waals surface area contributed by atoms with Gasteiger partial charge in [-0.3, -0.25) is 4.57 Å². The molecule has 2 aromatic heterocycles. The molecule has 0 spiro atoms. The van der Waals surface area contributed by atoms with E-state index in [1.165, 1.54) is 35.9 Å². The Balaban J connectivity index is 1.57. The third kappa shape index (κ3) is 5.35. The molecule has 4 aromatic rings. The third-order valence-corrected chi connectivity index (χ3v) is 5.04. The number of halogens is 3. The van der Waals surface area contributed by atoms with Gasteiger partial charge in [0.1, 0.15) is 5.75 Å². The largest absolute Gasteiger partial charge is 0.573 e. The van der Waals surface area contributed by atoms with E-state index in [2.05, 4.69) is 9.72 Å². The molecule has 0 aliphatic heterocycles. The molecule has 0 atom stereocenters. The number of hydrogen-bond donors (Lipinski definition) is 1. The normalized spacial score (nSPS) is 11.3. The summed E-state index contributed by atoms with van der Waals surface area (Å²) in [6.07, 6.45) is -3.43. The van der Waals surface area contributed by atoms with Crippen LogP contribution in [0.4, 0.5) is 13.2 Å². The van der Waals surface area contributed by atoms with Gasteiger partial charge in [0.15, 0.2) is 0 Å². The van der Waals surface area contributed by atoms with Gasteiger partial charge in [0, 0.05) is 12.3 Å². The Hall–Kier alpha value is -4.54. The molecule has 0 aliphatic carbocycles. The van der Waals surface area contributed by atoms with Gasteiger partial charge in [-0.05, 0) is 55.0 Å². The van der Waals surface area contributed by atoms with Crippen molar-refractivity contribution in [3.8, 4) is 23.2 Å². The number of nitrogens with zero attached hydrogens (tertiary/aromatic N) is 3. The first-order chi connectivity index (χ1) is 16.6. The average molecular weight is 485 g/mol. The zero-order valence-electron chi connectivity index (χ0n) is 18.2. The maximum Gasteiger partial charge on any atom is 0.573 e. The number of pyridine rings is 1. The first-order valence-electron chi connectivity index (χ1n) is 10.2. The molecule has 4 rings (SSSR count). The van der Waals surface area contributed by atoms with Crippen LogP contribution in [-0.4, -0.2) is 31.6 Å². The molecule has 0 radical (unpaired) electrons. The van der Waals surface area contributed by atoms with Gasteiger partial charge >= 0.3 is 18.0 Å². The van der Waals surface area contributed by atoms with Crippen LogP contribution in [0.5, 0.6) is 17.5 Å². The summed E-state index contributed by atoms with van der Waals surface area (Å²) in [5.74, 6) is -1.39. The van der Waals surface area contributed by atoms with Crippen molar-refractivity contribution in [2.24, 2.45) is 0 Å². The van der Waals surface area contributed by atoms with Crippen molar-refractivity contribution in [1.29, 1.82) is 0 Å². The maximum atomic E-state index is 13.0. The second-order valence-electron chi connectivity index (χ2n) is 7.41. The fraction of sp³-hybridized carbons (Fsp3) is 0.125. The third-order valence-electron chi connectivity index (χ3n) is 5.04. The number of imidazole rings is 1. The van der Waals surface area contributed by atoms with E-state index in [-0.39, 0.29) is 29.7 Å². The van der Waals surface area contributed by atoms with Crippen LogP contribution in [0.2, 0.25) is 0 Å². The van der Waals surface area contributed by atoms with Gasteiger partial charge in [-0.25, -0.2) is 19.1 Å². The summed E-state index contributed by atoms with van der Waals surface area (Å²) in [4.78, 5) is 29.3. The molecule has 0 unspecified atom stereocenters. The molecule has 0 fully saturated rings. The zero-order chi connectivity index (χ0) is 25.2. The molecule has 0 saturated heterocycles. The van der Waals surface area contributed by atoms with Gasteiger partial charge in [0.25, 0.3) is 0 Å². The minimum absolute atomic E-state index is 0.0128. The van der Waals surface area contributed by atoms with Crippen LogP contribution < -0.4 is 15.2 Å². The fourth-order valence-corrected chi connectivity index (χ4v) is 3.37. The quantitative estimate of drug-likeness (QED) is 0.411. The summed E-state index contributed by atoms with van der Waals surface area (Å²) < 4.78 is 48.5. The Morgan fingerprint density at radius 3 is 2.40 bits per heavy atom. The molecule has 35 heavy (non-hydrogen) atoms. The number of esters is 1. The van der Waals surface area contributed by atoms with Crippen molar-refractivity contribution in [2.45, 2.75) is 19.8 Å². The standard InChI is InChI=1S/C24H18F3N3O5/c1-15-21(31)30(18-7-9-19(10-8-18)35-24(25,26)27)23(33)29(15)14-16-11-12-28-20(13-16)34-22(32)17-5-3-2-4-6-17/h2-13,31H,14H2,1H3. The van der Waals surface area contributed by atoms with Gasteiger partial charge in [-0.2, -0.15) is 0 Å². The highest BCUT2D eigenvalue weighted by molar-refractivity contribution is 5.90. The lowest BCUT2D eigenvalue weighted by Crippen LogP contribution is -2.24. The minimum atomic E-state index is -4.85. The molecule has 180 valence electrons. The van der Waals surface area contributed by atoms with E-state index in [0.29, 0.717) is 11.1 Å². The Morgan fingerprint density at radius 1 is 1.06 bits per heavy atom. The highest BCUT2D eigenvalue weighted by atomic mass is 19.4. The number of alkyl halides is 3. The van der Waals surface area contributed by atoms with E-state index in [0.717, 1.165) is 16.7 Å². The van der Waals surface area contributed by atoms with Crippen molar-refractivity contribution >= 4 is 5.97 Å². The first kappa shape index (κ1) is 23.6. The molecule has 0 bridgehead atoms. The lowest BCUT2D eigenvalue weighted by atomic mass is 10.2. The van der Waals surface area contributed by atoms with Crippen molar-refractivity contribution < 1.29 is 32.5 Å². The van der Waals surface area contributed by atoms with Crippen molar-refractivity contribution in [1.82, 2.24) is 14.1 Å². The summed E-state index contributed by atoms with van der Waals surface area (Å²) >= 11 is 0. The van der Waals surface area contributed by atoms with Gasteiger partial charge in [0.2, 0.25) is 11.8 Å². The van der Waals surface area contributed by atoms with E-state index in [1.54, 1.807) is 36.4 Å². The lowest BCUT2D eigenvalue weighted by molar-refractivity contribution is -0.274. The van der Waals surface area contributed by atoms with Crippen molar-refractivity contribution in [3.63, 3.8) is 0 Å². The van der Waals surface area contributed by atoms with Crippen molar-refractivity contribution in [3.05, 3.63) is 100 Å². The molecule has 2 aromatic carbocycles. The summed E-state index contributed by atoms with van der Waals surface area (Å²) in [5.41, 5.74) is 0.665. The molecule has 2 heterocycles. The number of carbonyl (C=O) groups excluding carboxylic acids is 1. The summed E-state index contributed by atoms with van der Waals surface area (Å²) in [7, 11) is 0. The van der Waals surface area contributed by atoms with Gasteiger partial charge in [-0.1, -0.05) is 18.2 Å². The molecule has 0 saturated carbocycles. The number of ether oxygens (including phenoxy) is 2. The highest BCUT2D eigenvalue weighted by Gasteiger charge is 2.31. The number of aromatic nitrogens is 3. The smallest absolute Gasteiger partial charge is 0.493 e. The van der Waals surface area contributed by atoms with E-state index in [9.17, 15) is 27.9 Å². The van der Waals surface area contributed by atoms with Crippen LogP contribution in [0.15, 0.2) is 77.7 Å². The number of aromatic hydroxyl groups is 1. The van der Waals surface area contributed by atoms with Crippen LogP contribution in [0.25, 0.3) is 5.69 Å². The Labute approximate surface area is 196 Å². The van der Waals surface area contributed by atoms with E-state index < -0.39 is 23.8 Å². The summed E-state index contributed by atoms with van der Waals surface area (Å²) in [5, 5.41) is 10.5. The van der Waals surface area contributed by atoms with Crippen LogP contribution in [0.1, 0.15) is 21.6 Å². The molecule has 0 amide bonds. The van der Waals surface area contributed by atoms with Crippen molar-refractivity contribution in [2.75, 3.05) is 0 Å². The monoisotopic (exact) mass is 485 g/mol. The number of benzene rings is 2. The Morgan fingerprint density at radius 2 is 1.74 bits per heavy atom. The predicted molar refractivity (Wildman–Crippen MR) is 118 cm³/mol. The second kappa shape index (κ2) is 9.37. The maximum absolute atomic E-state index is 13.0. The molecule has 8 nitrogen and oxygen atoms in total. The Bertz CT molecular complexity index is 1410. The SMILES string of the molecule is Cc1c(O)n(-c2ccc(OC(F)(F)F)cc2)c(=O)n1Cc1ccnc(OC(=O)c2ccccc2)c1. The van der Waals surface area contributed by atoms with Crippen LogP contribution in [0.3, 0.4) is 0 Å². The topological polar surface area (TPSA) is 95.6 Å². The fourth-order valence-electron chi connectivity index (χ4n) is 3.37. The first-order valence-corrected chi connectivity index (χ1v) is 10.2. The van der Waals surface area contributed by atoms with E-state index in [4.69, 9.17) is 4.74 Å². The van der Waals surface area contributed by atoms with Crippen LogP contribution >= 0.6 is 0 Å². The number of rotatable bonds is 6. The molecule has 1 N–H and O–H groups in total. The van der Waals surface area contributed by atoms with Gasteiger partial charge in [-0.15, -0.1) is 13.2 Å². The zero-order valence-corrected chi connectivity index (χ0v) is 18.2. The van der Waals surface area contributed by atoms with Crippen LogP contribution in [-0.2, 0) is 6.54 Å². The van der Waals surface area contributed by atoms with Gasteiger partial charge < -0.3 is 14.6 Å². The average Bonchev–Trinajstić information content (AvgIpc) is 3.02. The minimum Gasteiger partial charge on any atom is -0.493 e. The molecule has 0 aliphatic rings. The number of carbonyl (C=O) groups is 1. The molecule has 11 heteroatoms. The van der Waals surface area contributed by atoms with Crippen LogP contribution in [0, 0.1) is 6.92 Å². The second-order valence-corrected chi connectivity index (χ2v) is 7.41. The lowest BCUT2D eigenvalue weighted by Gasteiger charge is -2.09. The summed E-state index contributed by atoms with van der Waals surface area (Å²) in [6, 6.07) is 16.0. The van der Waals surface area contributed by atoms with E-state index in [1.807, 2.05) is 0 Å². The molecular formula is C24H18F3N3O5. The Kier molecular flexibility index (Phi) is 6.32.